The fourth-order valence-electron chi connectivity index (χ4n) is 1.83. The van der Waals surface area contributed by atoms with Crippen LogP contribution in [0.3, 0.4) is 0 Å². The number of ether oxygens (including phenoxy) is 2. The third-order valence-corrected chi connectivity index (χ3v) is 3.70. The van der Waals surface area contributed by atoms with Crippen LogP contribution in [0.1, 0.15) is 0 Å². The Morgan fingerprint density at radius 1 is 0.722 bits per heavy atom. The first kappa shape index (κ1) is 13.3. The van der Waals surface area contributed by atoms with E-state index in [0.717, 1.165) is 33.2 Å². The molecular formula is C14H16O2P2. The summed E-state index contributed by atoms with van der Waals surface area (Å²) in [6.45, 7) is 0. The number of hydrogen-bond donors (Lipinski definition) is 0. The van der Waals surface area contributed by atoms with Gasteiger partial charge in [0.25, 0.3) is 0 Å². The van der Waals surface area contributed by atoms with Gasteiger partial charge in [-0.2, -0.15) is 0 Å². The van der Waals surface area contributed by atoms with Gasteiger partial charge < -0.3 is 9.47 Å². The molecule has 0 aliphatic rings. The van der Waals surface area contributed by atoms with Crippen LogP contribution in [0.15, 0.2) is 36.4 Å². The molecule has 0 amide bonds. The van der Waals surface area contributed by atoms with E-state index in [1.807, 2.05) is 12.1 Å². The van der Waals surface area contributed by atoms with E-state index in [2.05, 4.69) is 42.7 Å². The predicted molar refractivity (Wildman–Crippen MR) is 83.7 cm³/mol. The smallest absolute Gasteiger partial charge is 0.126 e. The molecule has 0 aromatic heterocycles. The first-order valence-corrected chi connectivity index (χ1v) is 6.68. The third-order valence-electron chi connectivity index (χ3n) is 2.79. The maximum absolute atomic E-state index is 5.25. The highest BCUT2D eigenvalue weighted by Gasteiger charge is 2.05. The van der Waals surface area contributed by atoms with E-state index in [0.29, 0.717) is 0 Å². The summed E-state index contributed by atoms with van der Waals surface area (Å²) < 4.78 is 10.5. The molecule has 2 nitrogen and oxygen atoms in total. The standard InChI is InChI=1S/C14H16O2P2/c1-15-11-5-3-9(7-13(11)17)10-4-6-12(16-2)14(18)8-10/h3-8H,17-18H2,1-2H3. The molecule has 2 aromatic carbocycles. The molecule has 0 aliphatic heterocycles. The van der Waals surface area contributed by atoms with E-state index in [-0.39, 0.29) is 0 Å². The van der Waals surface area contributed by atoms with Crippen LogP contribution in [0.4, 0.5) is 0 Å². The molecule has 0 bridgehead atoms. The van der Waals surface area contributed by atoms with Crippen LogP contribution in [-0.2, 0) is 0 Å². The molecule has 0 aliphatic carbocycles. The molecule has 0 spiro atoms. The molecular weight excluding hydrogens is 262 g/mol. The Balaban J connectivity index is 2.42. The lowest BCUT2D eigenvalue weighted by molar-refractivity contribution is 0.418. The number of benzene rings is 2. The Hall–Kier alpha value is -1.10. The molecule has 0 heterocycles. The van der Waals surface area contributed by atoms with Crippen LogP contribution in [0.25, 0.3) is 11.1 Å². The van der Waals surface area contributed by atoms with Gasteiger partial charge in [-0.15, -0.1) is 18.5 Å². The van der Waals surface area contributed by atoms with Gasteiger partial charge in [-0.1, -0.05) is 12.1 Å². The quantitative estimate of drug-likeness (QED) is 0.803. The van der Waals surface area contributed by atoms with E-state index >= 15 is 0 Å². The summed E-state index contributed by atoms with van der Waals surface area (Å²) in [6, 6.07) is 12.2. The molecule has 94 valence electrons. The summed E-state index contributed by atoms with van der Waals surface area (Å²) in [7, 11) is 8.74. The maximum atomic E-state index is 5.25. The second-order valence-corrected chi connectivity index (χ2v) is 5.16. The van der Waals surface area contributed by atoms with Crippen LogP contribution in [-0.4, -0.2) is 14.2 Å². The van der Waals surface area contributed by atoms with Gasteiger partial charge in [-0.3, -0.25) is 0 Å². The lowest BCUT2D eigenvalue weighted by Crippen LogP contribution is -2.01. The Bertz CT molecular complexity index is 516. The van der Waals surface area contributed by atoms with Gasteiger partial charge in [-0.05, 0) is 35.4 Å². The van der Waals surface area contributed by atoms with Gasteiger partial charge in [0.05, 0.1) is 14.2 Å². The normalized spacial score (nSPS) is 10.2. The molecule has 2 rings (SSSR count). The summed E-state index contributed by atoms with van der Waals surface area (Å²) in [5.74, 6) is 1.76. The number of hydrogen-bond acceptors (Lipinski definition) is 2. The fraction of sp³-hybridized carbons (Fsp3) is 0.143. The van der Waals surface area contributed by atoms with E-state index in [1.165, 1.54) is 0 Å². The first-order chi connectivity index (χ1) is 8.65. The van der Waals surface area contributed by atoms with Crippen molar-refractivity contribution in [1.82, 2.24) is 0 Å². The monoisotopic (exact) mass is 278 g/mol. The third kappa shape index (κ3) is 2.66. The molecule has 2 aromatic rings. The molecule has 2 unspecified atom stereocenters. The summed E-state index contributed by atoms with van der Waals surface area (Å²) in [4.78, 5) is 0. The summed E-state index contributed by atoms with van der Waals surface area (Å²) >= 11 is 0. The van der Waals surface area contributed by atoms with E-state index in [9.17, 15) is 0 Å². The highest BCUT2D eigenvalue weighted by Crippen LogP contribution is 2.24. The lowest BCUT2D eigenvalue weighted by atomic mass is 10.1. The maximum Gasteiger partial charge on any atom is 0.126 e. The van der Waals surface area contributed by atoms with Crippen molar-refractivity contribution in [2.24, 2.45) is 0 Å². The second-order valence-electron chi connectivity index (χ2n) is 3.91. The molecule has 2 atom stereocenters. The van der Waals surface area contributed by atoms with Crippen molar-refractivity contribution in [3.8, 4) is 22.6 Å². The van der Waals surface area contributed by atoms with Gasteiger partial charge in [0, 0.05) is 10.6 Å². The Labute approximate surface area is 112 Å². The molecule has 0 fully saturated rings. The van der Waals surface area contributed by atoms with Crippen LogP contribution in [0, 0.1) is 0 Å². The number of methoxy groups -OCH3 is 2. The summed E-state index contributed by atoms with van der Waals surface area (Å²) in [6.07, 6.45) is 0. The van der Waals surface area contributed by atoms with Crippen LogP contribution in [0.5, 0.6) is 11.5 Å². The van der Waals surface area contributed by atoms with Crippen molar-refractivity contribution < 1.29 is 9.47 Å². The van der Waals surface area contributed by atoms with Gasteiger partial charge in [0.1, 0.15) is 11.5 Å². The molecule has 18 heavy (non-hydrogen) atoms. The average Bonchev–Trinajstić information content (AvgIpc) is 2.38. The van der Waals surface area contributed by atoms with E-state index in [4.69, 9.17) is 9.47 Å². The van der Waals surface area contributed by atoms with Gasteiger partial charge in [0.15, 0.2) is 0 Å². The zero-order chi connectivity index (χ0) is 13.1. The lowest BCUT2D eigenvalue weighted by Gasteiger charge is -2.10. The molecule has 0 radical (unpaired) electrons. The van der Waals surface area contributed by atoms with Crippen LogP contribution >= 0.6 is 18.5 Å². The minimum Gasteiger partial charge on any atom is -0.496 e. The van der Waals surface area contributed by atoms with Crippen molar-refractivity contribution in [1.29, 1.82) is 0 Å². The first-order valence-electron chi connectivity index (χ1n) is 5.53. The molecule has 4 heteroatoms. The van der Waals surface area contributed by atoms with Crippen molar-refractivity contribution >= 4 is 29.1 Å². The topological polar surface area (TPSA) is 18.5 Å². The minimum atomic E-state index is 0.878. The fourth-order valence-corrected chi connectivity index (χ4v) is 2.62. The summed E-state index contributed by atoms with van der Waals surface area (Å²) in [5, 5.41) is 2.10. The van der Waals surface area contributed by atoms with Crippen LogP contribution in [0.2, 0.25) is 0 Å². The SMILES string of the molecule is COc1ccc(-c2ccc(OC)c(P)c2)cc1P. The van der Waals surface area contributed by atoms with Gasteiger partial charge in [0.2, 0.25) is 0 Å². The Morgan fingerprint density at radius 2 is 1.11 bits per heavy atom. The zero-order valence-corrected chi connectivity index (χ0v) is 12.7. The summed E-state index contributed by atoms with van der Waals surface area (Å²) in [5.41, 5.74) is 2.32. The largest absolute Gasteiger partial charge is 0.496 e. The zero-order valence-electron chi connectivity index (χ0n) is 10.4. The minimum absolute atomic E-state index is 0.878. The predicted octanol–water partition coefficient (Wildman–Crippen LogP) is 2.37. The van der Waals surface area contributed by atoms with Crippen molar-refractivity contribution in [3.63, 3.8) is 0 Å². The highest BCUT2D eigenvalue weighted by molar-refractivity contribution is 7.28. The Morgan fingerprint density at radius 3 is 1.39 bits per heavy atom. The van der Waals surface area contributed by atoms with E-state index < -0.39 is 0 Å². The molecule has 0 saturated carbocycles. The van der Waals surface area contributed by atoms with Crippen molar-refractivity contribution in [2.75, 3.05) is 14.2 Å². The highest BCUT2D eigenvalue weighted by atomic mass is 31.0. The van der Waals surface area contributed by atoms with Gasteiger partial charge >= 0.3 is 0 Å². The second kappa shape index (κ2) is 5.69. The Kier molecular flexibility index (Phi) is 4.22. The number of rotatable bonds is 3. The van der Waals surface area contributed by atoms with Crippen molar-refractivity contribution in [3.05, 3.63) is 36.4 Å². The van der Waals surface area contributed by atoms with Crippen LogP contribution < -0.4 is 20.1 Å². The van der Waals surface area contributed by atoms with Gasteiger partial charge in [-0.25, -0.2) is 0 Å². The average molecular weight is 278 g/mol. The molecule has 0 saturated heterocycles. The molecule has 0 N–H and O–H groups in total. The van der Waals surface area contributed by atoms with E-state index in [1.54, 1.807) is 14.2 Å². The van der Waals surface area contributed by atoms with Crippen molar-refractivity contribution in [2.45, 2.75) is 0 Å².